The van der Waals surface area contributed by atoms with Crippen LogP contribution in [0.2, 0.25) is 0 Å². The van der Waals surface area contributed by atoms with E-state index in [9.17, 15) is 9.59 Å². The molecule has 0 saturated carbocycles. The molecule has 1 fully saturated rings. The number of amidine groups is 1. The Balaban J connectivity index is 3.01. The molecule has 0 aromatic carbocycles. The van der Waals surface area contributed by atoms with Crippen molar-refractivity contribution in [1.82, 2.24) is 20.1 Å². The summed E-state index contributed by atoms with van der Waals surface area (Å²) < 4.78 is 5.62. The van der Waals surface area contributed by atoms with E-state index >= 15 is 0 Å². The molecule has 9 nitrogen and oxygen atoms in total. The van der Waals surface area contributed by atoms with Crippen LogP contribution in [0.1, 0.15) is 53.4 Å². The number of nitrogens with two attached hydrogens (primary N) is 1. The third kappa shape index (κ3) is 11.6. The zero-order valence-electron chi connectivity index (χ0n) is 22.8. The molecule has 0 aromatic rings. The third-order valence-electron chi connectivity index (χ3n) is 5.91. The Kier molecular flexibility index (Phi) is 15.7. The molecular weight excluding hydrogens is 456 g/mol. The fourth-order valence-corrected chi connectivity index (χ4v) is 3.72. The van der Waals surface area contributed by atoms with E-state index in [-0.39, 0.29) is 0 Å². The van der Waals surface area contributed by atoms with Gasteiger partial charge in [-0.2, -0.15) is 5.10 Å². The van der Waals surface area contributed by atoms with Crippen molar-refractivity contribution in [3.63, 3.8) is 0 Å². The zero-order chi connectivity index (χ0) is 26.8. The number of hydrogen-bond acceptors (Lipinski definition) is 7. The highest BCUT2D eigenvalue weighted by Crippen LogP contribution is 2.15. The van der Waals surface area contributed by atoms with E-state index in [1.165, 1.54) is 5.57 Å². The number of allylic oxidation sites excluding steroid dienone is 5. The number of rotatable bonds is 17. The molecule has 1 aliphatic heterocycles. The van der Waals surface area contributed by atoms with Crippen molar-refractivity contribution >= 4 is 18.5 Å². The van der Waals surface area contributed by atoms with Gasteiger partial charge < -0.3 is 20.7 Å². The van der Waals surface area contributed by atoms with E-state index in [1.807, 2.05) is 31.7 Å². The Morgan fingerprint density at radius 3 is 2.42 bits per heavy atom. The number of amides is 1. The summed E-state index contributed by atoms with van der Waals surface area (Å²) in [5.74, 6) is 0.461. The van der Waals surface area contributed by atoms with Crippen molar-refractivity contribution in [2.45, 2.75) is 53.4 Å². The van der Waals surface area contributed by atoms with Crippen LogP contribution in [0.15, 0.2) is 52.1 Å². The molecule has 9 heteroatoms. The number of carbonyl (C=O) groups excluding carboxylic acids is 2. The highest BCUT2D eigenvalue weighted by molar-refractivity contribution is 5.81. The number of carbonyl (C=O) groups is 2. The Bertz CT molecular complexity index is 823. The minimum atomic E-state index is 0.461. The maximum Gasteiger partial charge on any atom is 0.209 e. The predicted octanol–water partition coefficient (Wildman–Crippen LogP) is 2.99. The van der Waals surface area contributed by atoms with Crippen molar-refractivity contribution in [2.75, 3.05) is 52.9 Å². The van der Waals surface area contributed by atoms with Crippen molar-refractivity contribution in [1.29, 1.82) is 0 Å². The maximum absolute atomic E-state index is 11.7. The lowest BCUT2D eigenvalue weighted by molar-refractivity contribution is -0.119. The molecule has 1 saturated heterocycles. The maximum atomic E-state index is 11.7. The summed E-state index contributed by atoms with van der Waals surface area (Å²) in [5.41, 5.74) is 9.76. The van der Waals surface area contributed by atoms with Gasteiger partial charge in [-0.1, -0.05) is 31.6 Å². The SMILES string of the molecule is C\C=C/C(=C\C(=C\OCC)CC/C(N)=N/N(CCCC)/C(C=O)=C(/C)NC)CN1CCN(C=O)CC1. The van der Waals surface area contributed by atoms with Gasteiger partial charge in [-0.3, -0.25) is 19.5 Å². The van der Waals surface area contributed by atoms with Crippen molar-refractivity contribution in [3.8, 4) is 0 Å². The lowest BCUT2D eigenvalue weighted by Crippen LogP contribution is -2.46. The second-order valence-corrected chi connectivity index (χ2v) is 8.73. The van der Waals surface area contributed by atoms with Gasteiger partial charge in [-0.15, -0.1) is 0 Å². The summed E-state index contributed by atoms with van der Waals surface area (Å²) in [6, 6.07) is 0. The van der Waals surface area contributed by atoms with Crippen molar-refractivity contribution < 1.29 is 14.3 Å². The standard InChI is InChI=1S/C27H46N6O3/c1-6-9-13-33(26(20-34)23(4)29-5)30-27(28)12-11-25(21-36-8-3)18-24(10-7-2)19-31-14-16-32(22-35)17-15-31/h7,10,18,20-22,29H,6,8-9,11-17,19H2,1-5H3,(H2,28,30)/b10-7-,24-18+,25-21+,26-23-. The summed E-state index contributed by atoms with van der Waals surface area (Å²) in [7, 11) is 1.78. The molecule has 0 spiro atoms. The van der Waals surface area contributed by atoms with E-state index in [0.717, 1.165) is 69.5 Å². The Morgan fingerprint density at radius 2 is 1.86 bits per heavy atom. The first-order valence-corrected chi connectivity index (χ1v) is 12.9. The molecule has 202 valence electrons. The lowest BCUT2D eigenvalue weighted by Gasteiger charge is -2.32. The van der Waals surface area contributed by atoms with Gasteiger partial charge in [0, 0.05) is 58.4 Å². The first-order valence-electron chi connectivity index (χ1n) is 12.9. The number of ether oxygens (including phenoxy) is 1. The van der Waals surface area contributed by atoms with Crippen LogP contribution in [-0.2, 0) is 14.3 Å². The van der Waals surface area contributed by atoms with E-state index < -0.39 is 0 Å². The van der Waals surface area contributed by atoms with E-state index in [0.29, 0.717) is 37.5 Å². The normalized spacial score (nSPS) is 16.7. The molecule has 0 aromatic heterocycles. The fourth-order valence-electron chi connectivity index (χ4n) is 3.72. The van der Waals surface area contributed by atoms with Gasteiger partial charge in [0.15, 0.2) is 6.29 Å². The topological polar surface area (TPSA) is 104 Å². The summed E-state index contributed by atoms with van der Waals surface area (Å²) in [6.07, 6.45) is 12.9. The van der Waals surface area contributed by atoms with Gasteiger partial charge >= 0.3 is 0 Å². The third-order valence-corrected chi connectivity index (χ3v) is 5.91. The van der Waals surface area contributed by atoms with Gasteiger partial charge in [-0.05, 0) is 44.8 Å². The zero-order valence-corrected chi connectivity index (χ0v) is 22.8. The number of hydrogen-bond donors (Lipinski definition) is 2. The van der Waals surface area contributed by atoms with Crippen molar-refractivity contribution in [2.24, 2.45) is 10.8 Å². The summed E-state index contributed by atoms with van der Waals surface area (Å²) in [4.78, 5) is 26.9. The molecule has 0 atom stereocenters. The van der Waals surface area contributed by atoms with Crippen LogP contribution in [0.4, 0.5) is 0 Å². The second-order valence-electron chi connectivity index (χ2n) is 8.73. The highest BCUT2D eigenvalue weighted by atomic mass is 16.5. The summed E-state index contributed by atoms with van der Waals surface area (Å²) in [5, 5.41) is 9.31. The highest BCUT2D eigenvalue weighted by Gasteiger charge is 2.16. The van der Waals surface area contributed by atoms with Gasteiger partial charge in [-0.25, -0.2) is 0 Å². The van der Waals surface area contributed by atoms with Gasteiger partial charge in [0.05, 0.1) is 12.9 Å². The van der Waals surface area contributed by atoms with Gasteiger partial charge in [0.25, 0.3) is 0 Å². The molecule has 0 bridgehead atoms. The average molecular weight is 503 g/mol. The van der Waals surface area contributed by atoms with Gasteiger partial charge in [0.1, 0.15) is 11.5 Å². The van der Waals surface area contributed by atoms with Crippen LogP contribution in [0.5, 0.6) is 0 Å². The molecule has 1 rings (SSSR count). The molecule has 1 amide bonds. The largest absolute Gasteiger partial charge is 0.501 e. The number of nitrogens with one attached hydrogen (secondary N) is 1. The predicted molar refractivity (Wildman–Crippen MR) is 147 cm³/mol. The molecule has 0 aliphatic carbocycles. The van der Waals surface area contributed by atoms with E-state index in [4.69, 9.17) is 10.5 Å². The Hall–Kier alpha value is -3.07. The smallest absolute Gasteiger partial charge is 0.209 e. The quantitative estimate of drug-likeness (QED) is 0.0599. The first-order chi connectivity index (χ1) is 17.4. The lowest BCUT2D eigenvalue weighted by atomic mass is 10.1. The van der Waals surface area contributed by atoms with E-state index in [1.54, 1.807) is 18.3 Å². The number of piperazine rings is 1. The second kappa shape index (κ2) is 18.2. The van der Waals surface area contributed by atoms with Crippen LogP contribution in [0.3, 0.4) is 0 Å². The molecule has 0 unspecified atom stereocenters. The van der Waals surface area contributed by atoms with Crippen LogP contribution in [0.25, 0.3) is 0 Å². The molecule has 1 heterocycles. The molecular formula is C27H46N6O3. The summed E-state index contributed by atoms with van der Waals surface area (Å²) >= 11 is 0. The number of aldehydes is 1. The minimum absolute atomic E-state index is 0.461. The van der Waals surface area contributed by atoms with E-state index in [2.05, 4.69) is 34.4 Å². The number of unbranched alkanes of at least 4 members (excludes halogenated alkanes) is 1. The molecule has 0 radical (unpaired) electrons. The molecule has 1 aliphatic rings. The van der Waals surface area contributed by atoms with Crippen LogP contribution in [-0.4, -0.2) is 86.3 Å². The molecule has 36 heavy (non-hydrogen) atoms. The van der Waals surface area contributed by atoms with Crippen molar-refractivity contribution in [3.05, 3.63) is 47.0 Å². The van der Waals surface area contributed by atoms with Crippen LogP contribution < -0.4 is 11.1 Å². The monoisotopic (exact) mass is 502 g/mol. The molecule has 3 N–H and O–H groups in total. The first kappa shape index (κ1) is 31.0. The van der Waals surface area contributed by atoms with Crippen LogP contribution in [0, 0.1) is 0 Å². The number of hydrazone groups is 1. The Morgan fingerprint density at radius 1 is 1.14 bits per heavy atom. The van der Waals surface area contributed by atoms with Crippen LogP contribution >= 0.6 is 0 Å². The summed E-state index contributed by atoms with van der Waals surface area (Å²) in [6.45, 7) is 13.1. The minimum Gasteiger partial charge on any atom is -0.501 e. The number of nitrogens with zero attached hydrogens (tertiary/aromatic N) is 4. The Labute approximate surface area is 217 Å². The fraction of sp³-hybridized carbons (Fsp3) is 0.593. The van der Waals surface area contributed by atoms with Gasteiger partial charge in [0.2, 0.25) is 6.41 Å². The average Bonchev–Trinajstić information content (AvgIpc) is 2.89.